The van der Waals surface area contributed by atoms with Gasteiger partial charge in [-0.25, -0.2) is 0 Å². The topological polar surface area (TPSA) is 50.3 Å². The van der Waals surface area contributed by atoms with Crippen LogP contribution >= 0.6 is 0 Å². The number of amides is 1. The highest BCUT2D eigenvalue weighted by Crippen LogP contribution is 2.33. The number of nitrogens with zero attached hydrogens (tertiary/aromatic N) is 4. The fourth-order valence-electron chi connectivity index (χ4n) is 6.17. The minimum atomic E-state index is 0.151. The number of carbonyl (C=O) groups is 1. The summed E-state index contributed by atoms with van der Waals surface area (Å²) in [5.41, 5.74) is 3.38. The molecule has 3 aliphatic heterocycles. The van der Waals surface area contributed by atoms with Gasteiger partial charge < -0.3 is 19.8 Å². The van der Waals surface area contributed by atoms with Crippen molar-refractivity contribution < 1.29 is 9.90 Å². The monoisotopic (exact) mass is 442 g/mol. The van der Waals surface area contributed by atoms with Gasteiger partial charge >= 0.3 is 0 Å². The van der Waals surface area contributed by atoms with Gasteiger partial charge in [-0.3, -0.25) is 9.69 Å². The molecule has 1 N–H and O–H groups in total. The van der Waals surface area contributed by atoms with Gasteiger partial charge in [-0.05, 0) is 57.2 Å². The van der Waals surface area contributed by atoms with Gasteiger partial charge in [0.15, 0.2) is 0 Å². The number of aryl methyl sites for hydroxylation is 1. The molecule has 6 nitrogen and oxygen atoms in total. The fraction of sp³-hybridized carbons (Fsp3) is 0.731. The van der Waals surface area contributed by atoms with E-state index in [1.54, 1.807) is 0 Å². The lowest BCUT2D eigenvalue weighted by atomic mass is 9.87. The lowest BCUT2D eigenvalue weighted by Gasteiger charge is -2.47. The number of likely N-dealkylation sites (tertiary alicyclic amines) is 1. The number of piperidine rings is 1. The van der Waals surface area contributed by atoms with Crippen molar-refractivity contribution >= 4 is 11.6 Å². The Morgan fingerprint density at radius 2 is 2.03 bits per heavy atom. The molecule has 0 saturated carbocycles. The molecule has 0 spiro atoms. The van der Waals surface area contributed by atoms with Gasteiger partial charge in [-0.1, -0.05) is 26.0 Å². The molecule has 1 aromatic carbocycles. The van der Waals surface area contributed by atoms with Crippen molar-refractivity contribution in [1.29, 1.82) is 0 Å². The lowest BCUT2D eigenvalue weighted by Crippen LogP contribution is -2.57. The van der Waals surface area contributed by atoms with Crippen LogP contribution in [0.15, 0.2) is 18.2 Å². The van der Waals surface area contributed by atoms with Crippen molar-refractivity contribution in [2.75, 3.05) is 57.8 Å². The van der Waals surface area contributed by atoms with Crippen molar-refractivity contribution in [3.05, 3.63) is 29.3 Å². The highest BCUT2D eigenvalue weighted by molar-refractivity contribution is 6.01. The molecule has 3 heterocycles. The minimum Gasteiger partial charge on any atom is -0.395 e. The summed E-state index contributed by atoms with van der Waals surface area (Å²) in [6.07, 6.45) is 4.28. The molecule has 0 aromatic heterocycles. The van der Waals surface area contributed by atoms with E-state index in [1.807, 2.05) is 12.1 Å². The zero-order chi connectivity index (χ0) is 22.8. The maximum Gasteiger partial charge on any atom is 0.256 e. The maximum atomic E-state index is 13.6. The molecular formula is C26H42N4O2. The SMILES string of the molecule is CCC(CO)N(CCN1CCN2CCCc3cccc(c32)C1=O)C1CC(C)N(C)CC1C. The third-order valence-corrected chi connectivity index (χ3v) is 8.24. The van der Waals surface area contributed by atoms with Crippen LogP contribution in [0.1, 0.15) is 56.0 Å². The third-order valence-electron chi connectivity index (χ3n) is 8.24. The molecular weight excluding hydrogens is 400 g/mol. The Morgan fingerprint density at radius 3 is 2.78 bits per heavy atom. The number of para-hydroxylation sites is 1. The first-order chi connectivity index (χ1) is 15.4. The average Bonchev–Trinajstić information content (AvgIpc) is 2.93. The molecule has 0 radical (unpaired) electrons. The van der Waals surface area contributed by atoms with Crippen molar-refractivity contribution in [2.24, 2.45) is 5.92 Å². The quantitative estimate of drug-likeness (QED) is 0.704. The van der Waals surface area contributed by atoms with Gasteiger partial charge in [0.25, 0.3) is 5.91 Å². The molecule has 1 amide bonds. The second-order valence-corrected chi connectivity index (χ2v) is 10.2. The van der Waals surface area contributed by atoms with Crippen molar-refractivity contribution in [1.82, 2.24) is 14.7 Å². The zero-order valence-corrected chi connectivity index (χ0v) is 20.5. The number of anilines is 1. The molecule has 32 heavy (non-hydrogen) atoms. The molecule has 178 valence electrons. The van der Waals surface area contributed by atoms with E-state index in [9.17, 15) is 9.90 Å². The number of aliphatic hydroxyl groups is 1. The molecule has 4 unspecified atom stereocenters. The van der Waals surface area contributed by atoms with Gasteiger partial charge in [0.1, 0.15) is 0 Å². The van der Waals surface area contributed by atoms with E-state index in [0.717, 1.165) is 64.1 Å². The summed E-state index contributed by atoms with van der Waals surface area (Å²) in [4.78, 5) is 23.0. The molecule has 4 atom stereocenters. The summed E-state index contributed by atoms with van der Waals surface area (Å²) in [7, 11) is 2.21. The first-order valence-electron chi connectivity index (χ1n) is 12.7. The first kappa shape index (κ1) is 23.5. The predicted molar refractivity (Wildman–Crippen MR) is 130 cm³/mol. The second kappa shape index (κ2) is 10.1. The van der Waals surface area contributed by atoms with Gasteiger partial charge in [0.05, 0.1) is 17.9 Å². The number of hydrogen-bond acceptors (Lipinski definition) is 5. The van der Waals surface area contributed by atoms with Crippen LogP contribution in [0.25, 0.3) is 0 Å². The van der Waals surface area contributed by atoms with E-state index >= 15 is 0 Å². The van der Waals surface area contributed by atoms with Crippen LogP contribution in [0.5, 0.6) is 0 Å². The largest absolute Gasteiger partial charge is 0.395 e. The van der Waals surface area contributed by atoms with E-state index < -0.39 is 0 Å². The number of hydrogen-bond donors (Lipinski definition) is 1. The zero-order valence-electron chi connectivity index (χ0n) is 20.5. The van der Waals surface area contributed by atoms with Crippen molar-refractivity contribution in [2.45, 2.75) is 64.6 Å². The Hall–Kier alpha value is -1.63. The molecule has 0 aliphatic carbocycles. The van der Waals surface area contributed by atoms with Crippen LogP contribution in [-0.4, -0.2) is 96.8 Å². The van der Waals surface area contributed by atoms with Crippen LogP contribution < -0.4 is 4.90 Å². The van der Waals surface area contributed by atoms with Gasteiger partial charge in [0, 0.05) is 57.4 Å². The average molecular weight is 443 g/mol. The highest BCUT2D eigenvalue weighted by atomic mass is 16.3. The van der Waals surface area contributed by atoms with E-state index in [2.05, 4.69) is 53.5 Å². The van der Waals surface area contributed by atoms with Crippen LogP contribution in [0.4, 0.5) is 5.69 Å². The van der Waals surface area contributed by atoms with E-state index in [4.69, 9.17) is 0 Å². The van der Waals surface area contributed by atoms with E-state index in [0.29, 0.717) is 18.0 Å². The minimum absolute atomic E-state index is 0.151. The number of rotatable bonds is 7. The van der Waals surface area contributed by atoms with E-state index in [1.165, 1.54) is 17.7 Å². The number of carbonyl (C=O) groups excluding carboxylic acids is 1. The Labute approximate surface area is 194 Å². The standard InChI is InChI=1S/C26H42N4O2/c1-5-22(18-31)30(24-16-20(3)27(4)17-19(24)2)15-14-29-13-12-28-11-7-9-21-8-6-10-23(25(21)28)26(29)32/h6,8,10,19-20,22,24,31H,5,7,9,11-18H2,1-4H3. The molecule has 4 rings (SSSR count). The molecule has 3 aliphatic rings. The van der Waals surface area contributed by atoms with Crippen LogP contribution in [0.2, 0.25) is 0 Å². The molecule has 1 fully saturated rings. The third kappa shape index (κ3) is 4.55. The Bertz CT molecular complexity index is 796. The van der Waals surface area contributed by atoms with Gasteiger partial charge in [-0.15, -0.1) is 0 Å². The summed E-state index contributed by atoms with van der Waals surface area (Å²) in [6.45, 7) is 12.3. The van der Waals surface area contributed by atoms with Crippen molar-refractivity contribution in [3.63, 3.8) is 0 Å². The van der Waals surface area contributed by atoms with Crippen LogP contribution in [0.3, 0.4) is 0 Å². The maximum absolute atomic E-state index is 13.6. The summed E-state index contributed by atoms with van der Waals surface area (Å²) in [6, 6.07) is 7.38. The number of benzene rings is 1. The Balaban J connectivity index is 1.52. The second-order valence-electron chi connectivity index (χ2n) is 10.2. The fourth-order valence-corrected chi connectivity index (χ4v) is 6.17. The summed E-state index contributed by atoms with van der Waals surface area (Å²) >= 11 is 0. The summed E-state index contributed by atoms with van der Waals surface area (Å²) < 4.78 is 0. The molecule has 1 saturated heterocycles. The summed E-state index contributed by atoms with van der Waals surface area (Å²) in [5.74, 6) is 0.720. The van der Waals surface area contributed by atoms with Crippen molar-refractivity contribution in [3.8, 4) is 0 Å². The molecule has 6 heteroatoms. The van der Waals surface area contributed by atoms with Crippen LogP contribution in [-0.2, 0) is 6.42 Å². The predicted octanol–water partition coefficient (Wildman–Crippen LogP) is 2.70. The Morgan fingerprint density at radius 1 is 1.22 bits per heavy atom. The smallest absolute Gasteiger partial charge is 0.256 e. The molecule has 1 aromatic rings. The number of aliphatic hydroxyl groups excluding tert-OH is 1. The lowest BCUT2D eigenvalue weighted by molar-refractivity contribution is -0.00101. The van der Waals surface area contributed by atoms with Gasteiger partial charge in [0.2, 0.25) is 0 Å². The highest BCUT2D eigenvalue weighted by Gasteiger charge is 2.36. The Kier molecular flexibility index (Phi) is 7.43. The van der Waals surface area contributed by atoms with Crippen LogP contribution in [0, 0.1) is 5.92 Å². The summed E-state index contributed by atoms with van der Waals surface area (Å²) in [5, 5.41) is 10.2. The van der Waals surface area contributed by atoms with E-state index in [-0.39, 0.29) is 18.6 Å². The first-order valence-corrected chi connectivity index (χ1v) is 12.7. The normalized spacial score (nSPS) is 27.4. The molecule has 0 bridgehead atoms. The van der Waals surface area contributed by atoms with Gasteiger partial charge in [-0.2, -0.15) is 0 Å².